The zero-order chi connectivity index (χ0) is 21.3. The predicted molar refractivity (Wildman–Crippen MR) is 120 cm³/mol. The largest absolute Gasteiger partial charge is 0.326 e. The molecule has 1 fully saturated rings. The van der Waals surface area contributed by atoms with Crippen LogP contribution in [0.2, 0.25) is 5.02 Å². The van der Waals surface area contributed by atoms with Crippen molar-refractivity contribution in [3.8, 4) is 0 Å². The van der Waals surface area contributed by atoms with Crippen LogP contribution in [0.25, 0.3) is 10.8 Å². The normalized spacial score (nSPS) is 15.9. The van der Waals surface area contributed by atoms with E-state index in [9.17, 15) is 13.2 Å². The number of carbonyl (C=O) groups is 1. The van der Waals surface area contributed by atoms with Crippen LogP contribution < -0.4 is 5.32 Å². The van der Waals surface area contributed by atoms with Crippen LogP contribution in [0.4, 0.5) is 5.69 Å². The highest BCUT2D eigenvalue weighted by atomic mass is 35.5. The quantitative estimate of drug-likeness (QED) is 0.628. The van der Waals surface area contributed by atoms with Crippen LogP contribution in [0.5, 0.6) is 0 Å². The summed E-state index contributed by atoms with van der Waals surface area (Å²) in [6.07, 6.45) is 0.983. The van der Waals surface area contributed by atoms with Crippen molar-refractivity contribution in [2.45, 2.75) is 24.7 Å². The summed E-state index contributed by atoms with van der Waals surface area (Å²) in [6.45, 7) is 2.54. The molecule has 0 unspecified atom stereocenters. The summed E-state index contributed by atoms with van der Waals surface area (Å²) in [5.41, 5.74) is 1.63. The van der Waals surface area contributed by atoms with E-state index in [2.05, 4.69) is 5.32 Å². The molecule has 0 aromatic heterocycles. The van der Waals surface area contributed by atoms with Gasteiger partial charge in [-0.1, -0.05) is 41.9 Å². The molecule has 5 nitrogen and oxygen atoms in total. The first kappa shape index (κ1) is 20.8. The molecule has 1 aliphatic heterocycles. The number of carbonyl (C=O) groups excluding carboxylic acids is 1. The molecular weight excluding hydrogens is 420 g/mol. The number of nitrogens with one attached hydrogen (secondary N) is 1. The second-order valence-corrected chi connectivity index (χ2v) is 10.0. The van der Waals surface area contributed by atoms with Crippen molar-refractivity contribution in [1.82, 2.24) is 4.31 Å². The number of hydrogen-bond donors (Lipinski definition) is 1. The molecule has 3 aromatic carbocycles. The number of amides is 1. The second-order valence-electron chi connectivity index (χ2n) is 7.64. The van der Waals surface area contributed by atoms with Crippen LogP contribution in [-0.2, 0) is 14.8 Å². The monoisotopic (exact) mass is 442 g/mol. The number of sulfonamides is 1. The predicted octanol–water partition coefficient (Wildman–Crippen LogP) is 4.84. The summed E-state index contributed by atoms with van der Waals surface area (Å²) in [5.74, 6) is -0.300. The maximum atomic E-state index is 13.1. The van der Waals surface area contributed by atoms with Crippen LogP contribution in [0.15, 0.2) is 65.6 Å². The molecule has 7 heteroatoms. The van der Waals surface area contributed by atoms with Gasteiger partial charge in [-0.05, 0) is 66.4 Å². The van der Waals surface area contributed by atoms with E-state index in [1.807, 2.05) is 37.3 Å². The number of anilines is 1. The van der Waals surface area contributed by atoms with Gasteiger partial charge in [-0.15, -0.1) is 0 Å². The third-order valence-corrected chi connectivity index (χ3v) is 7.76. The summed E-state index contributed by atoms with van der Waals surface area (Å²) >= 11 is 5.97. The minimum Gasteiger partial charge on any atom is -0.326 e. The number of fused-ring (bicyclic) bond motifs is 1. The van der Waals surface area contributed by atoms with Crippen molar-refractivity contribution < 1.29 is 13.2 Å². The third kappa shape index (κ3) is 4.21. The molecule has 0 aliphatic carbocycles. The highest BCUT2D eigenvalue weighted by molar-refractivity contribution is 7.89. The van der Waals surface area contributed by atoms with Crippen molar-refractivity contribution in [3.63, 3.8) is 0 Å². The van der Waals surface area contributed by atoms with Gasteiger partial charge in [-0.2, -0.15) is 4.31 Å². The van der Waals surface area contributed by atoms with Gasteiger partial charge in [0, 0.05) is 29.7 Å². The van der Waals surface area contributed by atoms with E-state index in [4.69, 9.17) is 11.6 Å². The number of hydrogen-bond acceptors (Lipinski definition) is 3. The van der Waals surface area contributed by atoms with Gasteiger partial charge in [0.15, 0.2) is 0 Å². The van der Waals surface area contributed by atoms with Gasteiger partial charge < -0.3 is 5.32 Å². The SMILES string of the molecule is Cc1cc(Cl)ccc1NC(=O)C1CCN(S(=O)(=O)c2ccc3ccccc3c2)CC1. The Bertz CT molecular complexity index is 1200. The Balaban J connectivity index is 1.43. The fraction of sp³-hybridized carbons (Fsp3) is 0.261. The summed E-state index contributed by atoms with van der Waals surface area (Å²) in [6, 6.07) is 18.2. The molecule has 0 radical (unpaired) electrons. The molecule has 0 atom stereocenters. The van der Waals surface area contributed by atoms with E-state index in [0.29, 0.717) is 35.8 Å². The maximum absolute atomic E-state index is 13.1. The lowest BCUT2D eigenvalue weighted by atomic mass is 9.97. The smallest absolute Gasteiger partial charge is 0.243 e. The van der Waals surface area contributed by atoms with E-state index in [0.717, 1.165) is 22.0 Å². The number of piperidine rings is 1. The summed E-state index contributed by atoms with van der Waals surface area (Å²) < 4.78 is 27.7. The Morgan fingerprint density at radius 2 is 1.70 bits per heavy atom. The molecule has 1 aliphatic rings. The van der Waals surface area contributed by atoms with E-state index in [1.54, 1.807) is 30.3 Å². The van der Waals surface area contributed by atoms with Crippen molar-refractivity contribution in [2.24, 2.45) is 5.92 Å². The van der Waals surface area contributed by atoms with Gasteiger partial charge >= 0.3 is 0 Å². The van der Waals surface area contributed by atoms with Gasteiger partial charge in [0.25, 0.3) is 0 Å². The van der Waals surface area contributed by atoms with Gasteiger partial charge in [-0.3, -0.25) is 4.79 Å². The van der Waals surface area contributed by atoms with Crippen molar-refractivity contribution >= 4 is 44.0 Å². The molecule has 30 heavy (non-hydrogen) atoms. The lowest BCUT2D eigenvalue weighted by Gasteiger charge is -2.30. The van der Waals surface area contributed by atoms with Crippen molar-refractivity contribution in [3.05, 3.63) is 71.2 Å². The Labute approximate surface area is 181 Å². The molecule has 1 amide bonds. The van der Waals surface area contributed by atoms with Crippen LogP contribution in [0.1, 0.15) is 18.4 Å². The number of nitrogens with zero attached hydrogens (tertiary/aromatic N) is 1. The van der Waals surface area contributed by atoms with E-state index in [-0.39, 0.29) is 11.8 Å². The van der Waals surface area contributed by atoms with E-state index >= 15 is 0 Å². The zero-order valence-electron chi connectivity index (χ0n) is 16.6. The number of rotatable bonds is 4. The van der Waals surface area contributed by atoms with Crippen LogP contribution in [0.3, 0.4) is 0 Å². The van der Waals surface area contributed by atoms with E-state index in [1.165, 1.54) is 4.31 Å². The standard InChI is InChI=1S/C23H23ClN2O3S/c1-16-14-20(24)7-9-22(16)25-23(27)18-10-12-26(13-11-18)30(28,29)21-8-6-17-4-2-3-5-19(17)15-21/h2-9,14-15,18H,10-13H2,1H3,(H,25,27). The first-order valence-corrected chi connectivity index (χ1v) is 11.7. The van der Waals surface area contributed by atoms with Gasteiger partial charge in [0.05, 0.1) is 4.90 Å². The minimum atomic E-state index is -3.59. The summed E-state index contributed by atoms with van der Waals surface area (Å²) in [7, 11) is -3.59. The lowest BCUT2D eigenvalue weighted by molar-refractivity contribution is -0.120. The molecule has 156 valence electrons. The number of benzene rings is 3. The fourth-order valence-corrected chi connectivity index (χ4v) is 5.57. The van der Waals surface area contributed by atoms with Crippen LogP contribution in [-0.4, -0.2) is 31.7 Å². The first-order chi connectivity index (χ1) is 14.3. The first-order valence-electron chi connectivity index (χ1n) is 9.90. The molecule has 0 saturated carbocycles. The minimum absolute atomic E-state index is 0.0804. The average Bonchev–Trinajstić information content (AvgIpc) is 2.75. The lowest BCUT2D eigenvalue weighted by Crippen LogP contribution is -2.41. The van der Waals surface area contributed by atoms with Crippen LogP contribution in [0, 0.1) is 12.8 Å². The third-order valence-electron chi connectivity index (χ3n) is 5.63. The summed E-state index contributed by atoms with van der Waals surface area (Å²) in [4.78, 5) is 13.0. The van der Waals surface area contributed by atoms with Gasteiger partial charge in [-0.25, -0.2) is 8.42 Å². The Morgan fingerprint density at radius 1 is 1.00 bits per heavy atom. The second kappa shape index (κ2) is 8.38. The molecular formula is C23H23ClN2O3S. The molecule has 1 heterocycles. The maximum Gasteiger partial charge on any atom is 0.243 e. The average molecular weight is 443 g/mol. The molecule has 0 spiro atoms. The number of halogens is 1. The Hall–Kier alpha value is -2.41. The summed E-state index contributed by atoms with van der Waals surface area (Å²) in [5, 5.41) is 5.47. The molecule has 3 aromatic rings. The van der Waals surface area contributed by atoms with Gasteiger partial charge in [0.1, 0.15) is 0 Å². The van der Waals surface area contributed by atoms with Crippen LogP contribution >= 0.6 is 11.6 Å². The van der Waals surface area contributed by atoms with E-state index < -0.39 is 10.0 Å². The topological polar surface area (TPSA) is 66.5 Å². The van der Waals surface area contributed by atoms with Gasteiger partial charge in [0.2, 0.25) is 15.9 Å². The van der Waals surface area contributed by atoms with Crippen molar-refractivity contribution in [2.75, 3.05) is 18.4 Å². The van der Waals surface area contributed by atoms with Crippen molar-refractivity contribution in [1.29, 1.82) is 0 Å². The number of aryl methyl sites for hydroxylation is 1. The molecule has 0 bridgehead atoms. The Morgan fingerprint density at radius 3 is 2.40 bits per heavy atom. The molecule has 1 N–H and O–H groups in total. The molecule has 4 rings (SSSR count). The Kier molecular flexibility index (Phi) is 5.82. The fourth-order valence-electron chi connectivity index (χ4n) is 3.84. The molecule has 1 saturated heterocycles. The highest BCUT2D eigenvalue weighted by Crippen LogP contribution is 2.27. The highest BCUT2D eigenvalue weighted by Gasteiger charge is 2.32. The zero-order valence-corrected chi connectivity index (χ0v) is 18.2.